The van der Waals surface area contributed by atoms with E-state index in [0.717, 1.165) is 31.9 Å². The Morgan fingerprint density at radius 2 is 1.59 bits per heavy atom. The van der Waals surface area contributed by atoms with Crippen LogP contribution in [0.5, 0.6) is 11.5 Å². The quantitative estimate of drug-likeness (QED) is 0.614. The molecule has 29 heavy (non-hydrogen) atoms. The second-order valence-corrected chi connectivity index (χ2v) is 7.02. The smallest absolute Gasteiger partial charge is 0.123 e. The summed E-state index contributed by atoms with van der Waals surface area (Å²) in [7, 11) is 1.67. The Morgan fingerprint density at radius 3 is 2.24 bits per heavy atom. The minimum atomic E-state index is -0.534. The zero-order valence-corrected chi connectivity index (χ0v) is 16.8. The van der Waals surface area contributed by atoms with Gasteiger partial charge < -0.3 is 24.2 Å². The fourth-order valence-corrected chi connectivity index (χ4v) is 3.30. The van der Waals surface area contributed by atoms with Crippen molar-refractivity contribution in [3.63, 3.8) is 0 Å². The first-order valence-electron chi connectivity index (χ1n) is 9.89. The van der Waals surface area contributed by atoms with Gasteiger partial charge in [-0.3, -0.25) is 4.90 Å². The number of aliphatic hydroxyl groups is 1. The van der Waals surface area contributed by atoms with Crippen LogP contribution in [0.25, 0.3) is 0 Å². The second kappa shape index (κ2) is 11.0. The molecule has 6 nitrogen and oxygen atoms in total. The Labute approximate surface area is 171 Å². The summed E-state index contributed by atoms with van der Waals surface area (Å²) in [6.45, 7) is 5.24. The van der Waals surface area contributed by atoms with E-state index in [4.69, 9.17) is 14.2 Å². The van der Waals surface area contributed by atoms with Crippen LogP contribution in [0.4, 0.5) is 10.1 Å². The van der Waals surface area contributed by atoms with Crippen LogP contribution < -0.4 is 14.4 Å². The number of β-amino-alcohol motifs (C(OH)–C–C–N with tert-alkyl or cyclic N) is 1. The van der Waals surface area contributed by atoms with Crippen LogP contribution in [0, 0.1) is 5.82 Å². The number of halogens is 1. The third-order valence-electron chi connectivity index (χ3n) is 4.90. The molecule has 0 saturated carbocycles. The second-order valence-electron chi connectivity index (χ2n) is 7.02. The zero-order chi connectivity index (χ0) is 20.5. The van der Waals surface area contributed by atoms with Gasteiger partial charge >= 0.3 is 0 Å². The summed E-state index contributed by atoms with van der Waals surface area (Å²) in [6.07, 6.45) is -0.534. The topological polar surface area (TPSA) is 54.4 Å². The Kier molecular flexibility index (Phi) is 8.10. The molecule has 2 aromatic rings. The number of hydrogen-bond donors (Lipinski definition) is 1. The fraction of sp³-hybridized carbons (Fsp3) is 0.455. The van der Waals surface area contributed by atoms with Gasteiger partial charge in [-0.15, -0.1) is 0 Å². The minimum absolute atomic E-state index is 0.269. The van der Waals surface area contributed by atoms with E-state index in [1.54, 1.807) is 19.2 Å². The van der Waals surface area contributed by atoms with Crippen molar-refractivity contribution < 1.29 is 23.7 Å². The monoisotopic (exact) mass is 404 g/mol. The van der Waals surface area contributed by atoms with E-state index in [-0.39, 0.29) is 12.4 Å². The number of anilines is 1. The van der Waals surface area contributed by atoms with E-state index < -0.39 is 6.10 Å². The van der Waals surface area contributed by atoms with Gasteiger partial charge in [0.1, 0.15) is 23.9 Å². The SMILES string of the molecule is COc1ccc(N2CCN(CC(O)COCCOc3ccc(F)cc3)CC2)cc1. The molecular weight excluding hydrogens is 375 g/mol. The fourth-order valence-electron chi connectivity index (χ4n) is 3.30. The van der Waals surface area contributed by atoms with Crippen molar-refractivity contribution in [2.45, 2.75) is 6.10 Å². The Bertz CT molecular complexity index is 719. The van der Waals surface area contributed by atoms with Crippen molar-refractivity contribution in [3.05, 3.63) is 54.3 Å². The normalized spacial score (nSPS) is 15.9. The summed E-state index contributed by atoms with van der Waals surface area (Å²) in [5.74, 6) is 1.17. The molecule has 1 unspecified atom stereocenters. The van der Waals surface area contributed by atoms with Gasteiger partial charge in [-0.05, 0) is 48.5 Å². The van der Waals surface area contributed by atoms with E-state index in [2.05, 4.69) is 21.9 Å². The molecule has 0 spiro atoms. The van der Waals surface area contributed by atoms with Crippen LogP contribution in [0.3, 0.4) is 0 Å². The first kappa shape index (κ1) is 21.4. The number of aliphatic hydroxyl groups excluding tert-OH is 1. The summed E-state index contributed by atoms with van der Waals surface area (Å²) in [4.78, 5) is 4.59. The van der Waals surface area contributed by atoms with Gasteiger partial charge in [0.25, 0.3) is 0 Å². The molecule has 7 heteroatoms. The van der Waals surface area contributed by atoms with Crippen LogP contribution in [-0.2, 0) is 4.74 Å². The highest BCUT2D eigenvalue weighted by Crippen LogP contribution is 2.20. The first-order chi connectivity index (χ1) is 14.1. The molecule has 1 heterocycles. The van der Waals surface area contributed by atoms with Gasteiger partial charge in [-0.25, -0.2) is 4.39 Å². The molecule has 1 aliphatic heterocycles. The Morgan fingerprint density at radius 1 is 0.931 bits per heavy atom. The minimum Gasteiger partial charge on any atom is -0.497 e. The van der Waals surface area contributed by atoms with Crippen molar-refractivity contribution >= 4 is 5.69 Å². The number of ether oxygens (including phenoxy) is 3. The molecule has 3 rings (SSSR count). The molecule has 1 saturated heterocycles. The predicted octanol–water partition coefficient (Wildman–Crippen LogP) is 2.41. The van der Waals surface area contributed by atoms with Crippen LogP contribution >= 0.6 is 0 Å². The van der Waals surface area contributed by atoms with Crippen molar-refractivity contribution in [3.8, 4) is 11.5 Å². The average Bonchev–Trinajstić information content (AvgIpc) is 2.75. The zero-order valence-electron chi connectivity index (χ0n) is 16.8. The van der Waals surface area contributed by atoms with Gasteiger partial charge in [0.2, 0.25) is 0 Å². The molecular formula is C22H29FN2O4. The standard InChI is InChI=1S/C22H29FN2O4/c1-27-21-8-4-19(5-9-21)25-12-10-24(11-13-25)16-20(26)17-28-14-15-29-22-6-2-18(23)3-7-22/h2-9,20,26H,10-17H2,1H3. The highest BCUT2D eigenvalue weighted by Gasteiger charge is 2.19. The van der Waals surface area contributed by atoms with Gasteiger partial charge in [0.15, 0.2) is 0 Å². The maximum absolute atomic E-state index is 12.8. The molecule has 1 aliphatic rings. The molecule has 1 atom stereocenters. The van der Waals surface area contributed by atoms with Crippen LogP contribution in [0.15, 0.2) is 48.5 Å². The van der Waals surface area contributed by atoms with Crippen LogP contribution in [-0.4, -0.2) is 75.8 Å². The molecule has 158 valence electrons. The number of methoxy groups -OCH3 is 1. The lowest BCUT2D eigenvalue weighted by atomic mass is 10.2. The summed E-state index contributed by atoms with van der Waals surface area (Å²) >= 11 is 0. The maximum Gasteiger partial charge on any atom is 0.123 e. The molecule has 0 aliphatic carbocycles. The maximum atomic E-state index is 12.8. The van der Waals surface area contributed by atoms with E-state index >= 15 is 0 Å². The number of hydrogen-bond acceptors (Lipinski definition) is 6. The molecule has 0 amide bonds. The summed E-state index contributed by atoms with van der Waals surface area (Å²) in [5, 5.41) is 10.2. The van der Waals surface area contributed by atoms with Crippen molar-refractivity contribution in [1.29, 1.82) is 0 Å². The summed E-state index contributed by atoms with van der Waals surface area (Å²) in [6, 6.07) is 14.0. The summed E-state index contributed by atoms with van der Waals surface area (Å²) in [5.41, 5.74) is 1.19. The van der Waals surface area contributed by atoms with Crippen molar-refractivity contribution in [2.75, 3.05) is 64.6 Å². The average molecular weight is 404 g/mol. The lowest BCUT2D eigenvalue weighted by molar-refractivity contribution is 0.00717. The van der Waals surface area contributed by atoms with Gasteiger partial charge in [0.05, 0.1) is 26.4 Å². The number of rotatable bonds is 10. The van der Waals surface area contributed by atoms with Gasteiger partial charge in [0, 0.05) is 38.4 Å². The molecule has 1 N–H and O–H groups in total. The van der Waals surface area contributed by atoms with E-state index in [0.29, 0.717) is 25.5 Å². The largest absolute Gasteiger partial charge is 0.497 e. The predicted molar refractivity (Wildman–Crippen MR) is 110 cm³/mol. The van der Waals surface area contributed by atoms with Crippen LogP contribution in [0.2, 0.25) is 0 Å². The molecule has 0 aromatic heterocycles. The van der Waals surface area contributed by atoms with Crippen molar-refractivity contribution in [2.24, 2.45) is 0 Å². The lowest BCUT2D eigenvalue weighted by Crippen LogP contribution is -2.49. The van der Waals surface area contributed by atoms with Crippen LogP contribution in [0.1, 0.15) is 0 Å². The van der Waals surface area contributed by atoms with E-state index in [9.17, 15) is 9.50 Å². The summed E-state index contributed by atoms with van der Waals surface area (Å²) < 4.78 is 29.0. The molecule has 0 bridgehead atoms. The number of nitrogens with zero attached hydrogens (tertiary/aromatic N) is 2. The third-order valence-corrected chi connectivity index (χ3v) is 4.90. The molecule has 1 fully saturated rings. The first-order valence-corrected chi connectivity index (χ1v) is 9.89. The Hall–Kier alpha value is -2.35. The van der Waals surface area contributed by atoms with E-state index in [1.165, 1.54) is 17.8 Å². The van der Waals surface area contributed by atoms with Gasteiger partial charge in [-0.1, -0.05) is 0 Å². The van der Waals surface area contributed by atoms with Gasteiger partial charge in [-0.2, -0.15) is 0 Å². The highest BCUT2D eigenvalue weighted by molar-refractivity contribution is 5.49. The Balaban J connectivity index is 1.28. The highest BCUT2D eigenvalue weighted by atomic mass is 19.1. The number of benzene rings is 2. The number of piperazine rings is 1. The van der Waals surface area contributed by atoms with Crippen molar-refractivity contribution in [1.82, 2.24) is 4.90 Å². The molecule has 2 aromatic carbocycles. The van der Waals surface area contributed by atoms with E-state index in [1.807, 2.05) is 12.1 Å². The molecule has 0 radical (unpaired) electrons. The lowest BCUT2D eigenvalue weighted by Gasteiger charge is -2.36. The third kappa shape index (κ3) is 6.88.